The average molecular weight is 373 g/mol. The Morgan fingerprint density at radius 2 is 1.65 bits per heavy atom. The number of rotatable bonds is 0. The third-order valence-electron chi connectivity index (χ3n) is 9.17. The van der Waals surface area contributed by atoms with Crippen LogP contribution in [0.5, 0.6) is 0 Å². The highest BCUT2D eigenvalue weighted by Gasteiger charge is 2.70. The van der Waals surface area contributed by atoms with Crippen LogP contribution in [0.2, 0.25) is 56.4 Å². The van der Waals surface area contributed by atoms with E-state index in [1.165, 1.54) is 9.95 Å². The van der Waals surface area contributed by atoms with E-state index in [2.05, 4.69) is 53.9 Å². The van der Waals surface area contributed by atoms with E-state index in [1.54, 1.807) is 0 Å². The zero-order chi connectivity index (χ0) is 15.1. The predicted octanol–water partition coefficient (Wildman–Crippen LogP) is 2.52. The first-order valence-corrected chi connectivity index (χ1v) is 22.7. The SMILES string of the molecule is CC1[SiH2]C(C)(C)[Si]2(C)C[SiH]1C1[SiH2]C2(C)[Si](C)(C)C[SiH]1C. The molecule has 6 heteroatoms. The highest BCUT2D eigenvalue weighted by molar-refractivity contribution is 7.26. The zero-order valence-electron chi connectivity index (χ0n) is 15.1. The third kappa shape index (κ3) is 1.78. The Bertz CT molecular complexity index is 395. The molecule has 3 fully saturated rings. The normalized spacial score (nSPS) is 58.8. The minimum atomic E-state index is -0.996. The van der Waals surface area contributed by atoms with E-state index in [4.69, 9.17) is 0 Å². The molecule has 3 rings (SSSR count). The van der Waals surface area contributed by atoms with Crippen LogP contribution in [0, 0.1) is 0 Å². The van der Waals surface area contributed by atoms with E-state index in [0.29, 0.717) is 0 Å². The van der Waals surface area contributed by atoms with Gasteiger partial charge in [-0.3, -0.25) is 0 Å². The molecule has 6 unspecified atom stereocenters. The van der Waals surface area contributed by atoms with E-state index in [1.807, 2.05) is 11.3 Å². The average Bonchev–Trinajstić information content (AvgIpc) is 2.27. The van der Waals surface area contributed by atoms with Crippen LogP contribution in [0.15, 0.2) is 0 Å². The fourth-order valence-electron chi connectivity index (χ4n) is 7.35. The fraction of sp³-hybridized carbons (Fsp3) is 1.00. The maximum Gasteiger partial charge on any atom is 0.0502 e. The minimum Gasteiger partial charge on any atom is -0.0724 e. The summed E-state index contributed by atoms with van der Waals surface area (Å²) in [5.41, 5.74) is 3.73. The molecule has 20 heavy (non-hydrogen) atoms. The first-order chi connectivity index (χ1) is 8.95. The van der Waals surface area contributed by atoms with Gasteiger partial charge >= 0.3 is 0 Å². The monoisotopic (exact) mass is 372 g/mol. The molecule has 0 radical (unpaired) electrons. The highest BCUT2D eigenvalue weighted by Crippen LogP contribution is 2.68. The predicted molar refractivity (Wildman–Crippen MR) is 112 cm³/mol. The second kappa shape index (κ2) is 4.43. The molecule has 0 nitrogen and oxygen atoms in total. The lowest BCUT2D eigenvalue weighted by atomic mass is 10.5. The highest BCUT2D eigenvalue weighted by atomic mass is 28.5. The van der Waals surface area contributed by atoms with Gasteiger partial charge in [-0.05, 0) is 4.66 Å². The van der Waals surface area contributed by atoms with Gasteiger partial charge in [-0.1, -0.05) is 79.5 Å². The Labute approximate surface area is 136 Å². The standard InChI is InChI=1S/C14H36Si6/c1-11-15-13(2,3)20(8)10-18(11)12-16-14(20,4)19(6,7)9-17(12)5/h11-12,17-18H,9-10,15-16H2,1-8H3. The van der Waals surface area contributed by atoms with E-state index in [9.17, 15) is 0 Å². The largest absolute Gasteiger partial charge is 0.0724 e. The first kappa shape index (κ1) is 16.2. The quantitative estimate of drug-likeness (QED) is 0.573. The molecule has 0 N–H and O–H groups in total. The third-order valence-corrected chi connectivity index (χ3v) is 61.1. The summed E-state index contributed by atoms with van der Waals surface area (Å²) >= 11 is 0. The van der Waals surface area contributed by atoms with Crippen LogP contribution in [-0.2, 0) is 0 Å². The van der Waals surface area contributed by atoms with Crippen molar-refractivity contribution in [3.05, 3.63) is 0 Å². The van der Waals surface area contributed by atoms with E-state index < -0.39 is 16.1 Å². The van der Waals surface area contributed by atoms with Gasteiger partial charge in [0, 0.05) is 44.7 Å². The molecule has 0 aromatic carbocycles. The summed E-state index contributed by atoms with van der Waals surface area (Å²) in [6, 6.07) is 0. The second-order valence-electron chi connectivity index (χ2n) is 10.5. The van der Waals surface area contributed by atoms with E-state index in [0.717, 1.165) is 8.95 Å². The smallest absolute Gasteiger partial charge is 0.0502 e. The van der Waals surface area contributed by atoms with Crippen LogP contribution in [-0.4, -0.2) is 52.8 Å². The maximum absolute atomic E-state index is 2.95. The van der Waals surface area contributed by atoms with Crippen LogP contribution in [0.4, 0.5) is 0 Å². The van der Waals surface area contributed by atoms with Crippen molar-refractivity contribution < 1.29 is 0 Å². The molecule has 3 aliphatic rings. The summed E-state index contributed by atoms with van der Waals surface area (Å²) in [6.07, 6.45) is 0. The molecular formula is C14H36Si6. The Morgan fingerprint density at radius 1 is 1.05 bits per heavy atom. The van der Waals surface area contributed by atoms with Crippen molar-refractivity contribution in [3.63, 3.8) is 0 Å². The number of hydrogen-bond donors (Lipinski definition) is 0. The van der Waals surface area contributed by atoms with Crippen LogP contribution < -0.4 is 0 Å². The molecule has 116 valence electrons. The topological polar surface area (TPSA) is 0 Å². The van der Waals surface area contributed by atoms with E-state index >= 15 is 0 Å². The molecule has 6 atom stereocenters. The molecular weight excluding hydrogens is 337 g/mol. The minimum absolute atomic E-state index is 0.192. The molecule has 0 aromatic rings. The Balaban J connectivity index is 2.15. The lowest BCUT2D eigenvalue weighted by Crippen LogP contribution is -2.78. The Hall–Kier alpha value is 1.30. The molecule has 0 spiro atoms. The van der Waals surface area contributed by atoms with Crippen molar-refractivity contribution >= 4 is 52.8 Å². The molecule has 3 aliphatic heterocycles. The molecule has 0 saturated carbocycles. The summed E-state index contributed by atoms with van der Waals surface area (Å²) < 4.78 is 1.92. The van der Waals surface area contributed by atoms with Crippen LogP contribution >= 0.6 is 0 Å². The summed E-state index contributed by atoms with van der Waals surface area (Å²) in [5.74, 6) is 0. The van der Waals surface area contributed by atoms with Gasteiger partial charge < -0.3 is 0 Å². The molecule has 3 saturated heterocycles. The van der Waals surface area contributed by atoms with Gasteiger partial charge in [-0.2, -0.15) is 0 Å². The summed E-state index contributed by atoms with van der Waals surface area (Å²) in [7, 11) is -2.12. The molecule has 0 amide bonds. The molecule has 0 aromatic heterocycles. The van der Waals surface area contributed by atoms with Gasteiger partial charge in [-0.15, -0.1) is 0 Å². The van der Waals surface area contributed by atoms with Crippen molar-refractivity contribution in [1.82, 2.24) is 0 Å². The summed E-state index contributed by atoms with van der Waals surface area (Å²) in [6.45, 7) is 22.6. The van der Waals surface area contributed by atoms with Crippen molar-refractivity contribution in [2.45, 2.75) is 84.1 Å². The van der Waals surface area contributed by atoms with Gasteiger partial charge in [0.15, 0.2) is 0 Å². The van der Waals surface area contributed by atoms with Gasteiger partial charge in [0.2, 0.25) is 0 Å². The zero-order valence-corrected chi connectivity index (χ0v) is 22.3. The van der Waals surface area contributed by atoms with Gasteiger partial charge in [0.25, 0.3) is 0 Å². The van der Waals surface area contributed by atoms with Crippen LogP contribution in [0.3, 0.4) is 0 Å². The fourth-order valence-corrected chi connectivity index (χ4v) is 85.3. The van der Waals surface area contributed by atoms with Crippen molar-refractivity contribution in [2.75, 3.05) is 0 Å². The lowest BCUT2D eigenvalue weighted by molar-refractivity contribution is 0.803. The molecule has 0 aliphatic carbocycles. The Kier molecular flexibility index (Phi) is 3.58. The van der Waals surface area contributed by atoms with Gasteiger partial charge in [-0.25, -0.2) is 0 Å². The first-order valence-electron chi connectivity index (χ1n) is 8.95. The van der Waals surface area contributed by atoms with Crippen LogP contribution in [0.1, 0.15) is 27.7 Å². The van der Waals surface area contributed by atoms with Crippen molar-refractivity contribution in [2.24, 2.45) is 0 Å². The number of hydrogen-bond acceptors (Lipinski definition) is 0. The molecule has 4 bridgehead atoms. The van der Waals surface area contributed by atoms with Gasteiger partial charge in [0.1, 0.15) is 0 Å². The van der Waals surface area contributed by atoms with E-state index in [-0.39, 0.29) is 36.6 Å². The summed E-state index contributed by atoms with van der Waals surface area (Å²) in [4.78, 5) is 1.51. The van der Waals surface area contributed by atoms with Crippen molar-refractivity contribution in [3.8, 4) is 0 Å². The summed E-state index contributed by atoms with van der Waals surface area (Å²) in [5, 5.41) is 1.32. The van der Waals surface area contributed by atoms with Gasteiger partial charge in [0.05, 0.1) is 8.07 Å². The van der Waals surface area contributed by atoms with Crippen LogP contribution in [0.25, 0.3) is 0 Å². The maximum atomic E-state index is 2.95. The number of fused-ring (bicyclic) bond motifs is 6. The second-order valence-corrected chi connectivity index (χ2v) is 42.4. The Morgan fingerprint density at radius 3 is 2.25 bits per heavy atom. The molecule has 3 heterocycles. The lowest BCUT2D eigenvalue weighted by Gasteiger charge is -2.72. The van der Waals surface area contributed by atoms with Crippen molar-refractivity contribution in [1.29, 1.82) is 0 Å².